The molecule has 0 bridgehead atoms. The van der Waals surface area contributed by atoms with Gasteiger partial charge in [0.2, 0.25) is 0 Å². The summed E-state index contributed by atoms with van der Waals surface area (Å²) < 4.78 is 0. The van der Waals surface area contributed by atoms with Gasteiger partial charge in [-0.1, -0.05) is 18.0 Å². The maximum Gasteiger partial charge on any atom is 0.271 e. The molecule has 1 aliphatic rings. The number of nitrogens with zero attached hydrogens (tertiary/aromatic N) is 2. The zero-order chi connectivity index (χ0) is 13.8. The van der Waals surface area contributed by atoms with Crippen LogP contribution in [0.15, 0.2) is 18.2 Å². The molecule has 1 aromatic carbocycles. The average molecular weight is 301 g/mol. The summed E-state index contributed by atoms with van der Waals surface area (Å²) in [6.45, 7) is 1.92. The Labute approximate surface area is 122 Å². The van der Waals surface area contributed by atoms with E-state index >= 15 is 0 Å². The summed E-state index contributed by atoms with van der Waals surface area (Å²) >= 11 is 8.08. The fourth-order valence-corrected chi connectivity index (χ4v) is 3.41. The Kier molecular flexibility index (Phi) is 4.93. The van der Waals surface area contributed by atoms with Crippen molar-refractivity contribution in [3.8, 4) is 0 Å². The summed E-state index contributed by atoms with van der Waals surface area (Å²) in [7, 11) is 0. The number of thioether (sulfide) groups is 1. The first-order valence-corrected chi connectivity index (χ1v) is 8.00. The first-order chi connectivity index (χ1) is 9.11. The van der Waals surface area contributed by atoms with E-state index in [0.717, 1.165) is 25.2 Å². The first-order valence-electron chi connectivity index (χ1n) is 6.33. The van der Waals surface area contributed by atoms with Crippen LogP contribution in [0.25, 0.3) is 0 Å². The lowest BCUT2D eigenvalue weighted by atomic mass is 10.2. The number of nitro benzene ring substituents is 1. The van der Waals surface area contributed by atoms with Crippen LogP contribution in [0.3, 0.4) is 0 Å². The van der Waals surface area contributed by atoms with Gasteiger partial charge in [0.25, 0.3) is 5.69 Å². The van der Waals surface area contributed by atoms with Crippen molar-refractivity contribution < 1.29 is 4.92 Å². The van der Waals surface area contributed by atoms with Gasteiger partial charge in [-0.05, 0) is 25.2 Å². The van der Waals surface area contributed by atoms with Crippen molar-refractivity contribution in [3.63, 3.8) is 0 Å². The number of halogens is 1. The van der Waals surface area contributed by atoms with E-state index < -0.39 is 4.92 Å². The van der Waals surface area contributed by atoms with Gasteiger partial charge < -0.3 is 4.90 Å². The van der Waals surface area contributed by atoms with Gasteiger partial charge in [-0.2, -0.15) is 11.8 Å². The van der Waals surface area contributed by atoms with Crippen LogP contribution in [-0.2, 0) is 0 Å². The van der Waals surface area contributed by atoms with Crippen LogP contribution in [0.1, 0.15) is 19.3 Å². The monoisotopic (exact) mass is 300 g/mol. The van der Waals surface area contributed by atoms with E-state index in [4.69, 9.17) is 11.6 Å². The minimum absolute atomic E-state index is 0.0463. The van der Waals surface area contributed by atoms with Gasteiger partial charge in [-0.25, -0.2) is 0 Å². The highest BCUT2D eigenvalue weighted by atomic mass is 35.5. The Morgan fingerprint density at radius 3 is 2.89 bits per heavy atom. The van der Waals surface area contributed by atoms with Crippen molar-refractivity contribution in [1.82, 2.24) is 0 Å². The smallest absolute Gasteiger partial charge is 0.271 e. The van der Waals surface area contributed by atoms with E-state index in [1.807, 2.05) is 11.8 Å². The number of hydrogen-bond acceptors (Lipinski definition) is 4. The van der Waals surface area contributed by atoms with E-state index in [2.05, 4.69) is 11.2 Å². The predicted molar refractivity (Wildman–Crippen MR) is 81.5 cm³/mol. The first kappa shape index (κ1) is 14.5. The maximum absolute atomic E-state index is 10.7. The number of benzene rings is 1. The molecule has 1 aliphatic heterocycles. The molecule has 6 heteroatoms. The highest BCUT2D eigenvalue weighted by Gasteiger charge is 2.20. The molecule has 0 amide bonds. The molecule has 1 aromatic rings. The van der Waals surface area contributed by atoms with E-state index in [0.29, 0.717) is 10.3 Å². The summed E-state index contributed by atoms with van der Waals surface area (Å²) in [4.78, 5) is 12.6. The lowest BCUT2D eigenvalue weighted by molar-refractivity contribution is -0.384. The fraction of sp³-hybridized carbons (Fsp3) is 0.538. The molecule has 1 saturated heterocycles. The zero-order valence-corrected chi connectivity index (χ0v) is 12.4. The lowest BCUT2D eigenvalue weighted by Gasteiger charge is -2.26. The molecule has 2 rings (SSSR count). The quantitative estimate of drug-likeness (QED) is 0.626. The second-order valence-electron chi connectivity index (χ2n) is 4.69. The maximum atomic E-state index is 10.7. The Morgan fingerprint density at radius 1 is 1.47 bits per heavy atom. The van der Waals surface area contributed by atoms with Crippen LogP contribution in [-0.4, -0.2) is 29.5 Å². The Morgan fingerprint density at radius 2 is 2.26 bits per heavy atom. The molecule has 0 N–H and O–H groups in total. The molecule has 0 aromatic heterocycles. The second kappa shape index (κ2) is 6.48. The normalized spacial score (nSPS) is 20.1. The summed E-state index contributed by atoms with van der Waals surface area (Å²) in [5, 5.41) is 11.8. The van der Waals surface area contributed by atoms with Crippen LogP contribution in [0.5, 0.6) is 0 Å². The van der Waals surface area contributed by atoms with E-state index in [-0.39, 0.29) is 5.69 Å². The Balaban J connectivity index is 2.22. The topological polar surface area (TPSA) is 46.4 Å². The van der Waals surface area contributed by atoms with Gasteiger partial charge in [0.05, 0.1) is 15.6 Å². The molecule has 0 saturated carbocycles. The molecule has 1 heterocycles. The number of hydrogen-bond donors (Lipinski definition) is 0. The van der Waals surface area contributed by atoms with Gasteiger partial charge in [-0.15, -0.1) is 0 Å². The Bertz CT molecular complexity index is 470. The summed E-state index contributed by atoms with van der Waals surface area (Å²) in [6, 6.07) is 4.74. The van der Waals surface area contributed by atoms with Crippen molar-refractivity contribution in [2.45, 2.75) is 24.5 Å². The molecule has 104 valence electrons. The van der Waals surface area contributed by atoms with E-state index in [1.54, 1.807) is 6.07 Å². The molecule has 4 nitrogen and oxygen atoms in total. The van der Waals surface area contributed by atoms with Crippen molar-refractivity contribution in [2.75, 3.05) is 24.2 Å². The molecule has 1 atom stereocenters. The average Bonchev–Trinajstić information content (AvgIpc) is 2.63. The van der Waals surface area contributed by atoms with Crippen LogP contribution < -0.4 is 4.90 Å². The molecular weight excluding hydrogens is 284 g/mol. The van der Waals surface area contributed by atoms with Crippen LogP contribution in [0.2, 0.25) is 5.02 Å². The highest BCUT2D eigenvalue weighted by Crippen LogP contribution is 2.32. The molecule has 0 aliphatic carbocycles. The SMILES string of the molecule is CSC1CCCCN(c2ccc([N+](=O)[O-])cc2Cl)C1. The van der Waals surface area contributed by atoms with Gasteiger partial charge in [-0.3, -0.25) is 10.1 Å². The van der Waals surface area contributed by atoms with E-state index in [9.17, 15) is 10.1 Å². The lowest BCUT2D eigenvalue weighted by Crippen LogP contribution is -2.29. The third-order valence-corrected chi connectivity index (χ3v) is 4.80. The van der Waals surface area contributed by atoms with E-state index in [1.165, 1.54) is 25.0 Å². The third-order valence-electron chi connectivity index (χ3n) is 3.44. The second-order valence-corrected chi connectivity index (χ2v) is 6.24. The van der Waals surface area contributed by atoms with Crippen molar-refractivity contribution in [3.05, 3.63) is 33.3 Å². The highest BCUT2D eigenvalue weighted by molar-refractivity contribution is 7.99. The van der Waals surface area contributed by atoms with Gasteiger partial charge in [0.1, 0.15) is 0 Å². The van der Waals surface area contributed by atoms with Gasteiger partial charge in [0, 0.05) is 30.5 Å². The Hall–Kier alpha value is -0.940. The molecular formula is C13H17ClN2O2S. The predicted octanol–water partition coefficient (Wildman–Crippen LogP) is 3.97. The largest absolute Gasteiger partial charge is 0.369 e. The molecule has 0 spiro atoms. The van der Waals surface area contributed by atoms with Crippen LogP contribution in [0.4, 0.5) is 11.4 Å². The van der Waals surface area contributed by atoms with Gasteiger partial charge >= 0.3 is 0 Å². The molecule has 0 radical (unpaired) electrons. The zero-order valence-electron chi connectivity index (χ0n) is 10.8. The molecule has 19 heavy (non-hydrogen) atoms. The summed E-state index contributed by atoms with van der Waals surface area (Å²) in [5.74, 6) is 0. The summed E-state index contributed by atoms with van der Waals surface area (Å²) in [5.41, 5.74) is 0.957. The van der Waals surface area contributed by atoms with Crippen molar-refractivity contribution in [1.29, 1.82) is 0 Å². The molecule has 1 unspecified atom stereocenters. The standard InChI is InChI=1S/C13H17ClN2O2S/c1-19-11-4-2-3-7-15(9-11)13-6-5-10(16(17)18)8-12(13)14/h5-6,8,11H,2-4,7,9H2,1H3. The van der Waals surface area contributed by atoms with Crippen molar-refractivity contribution >= 4 is 34.7 Å². The number of non-ortho nitro benzene ring substituents is 1. The molecule has 1 fully saturated rings. The van der Waals surface area contributed by atoms with Crippen molar-refractivity contribution in [2.24, 2.45) is 0 Å². The number of nitro groups is 1. The van der Waals surface area contributed by atoms with Gasteiger partial charge in [0.15, 0.2) is 0 Å². The minimum Gasteiger partial charge on any atom is -0.369 e. The minimum atomic E-state index is -0.414. The van der Waals surface area contributed by atoms with Crippen LogP contribution >= 0.6 is 23.4 Å². The summed E-state index contributed by atoms with van der Waals surface area (Å²) in [6.07, 6.45) is 5.73. The van der Waals surface area contributed by atoms with Crippen LogP contribution in [0, 0.1) is 10.1 Å². The third kappa shape index (κ3) is 3.54. The number of rotatable bonds is 3. The number of anilines is 1. The fourth-order valence-electron chi connectivity index (χ4n) is 2.38.